The van der Waals surface area contributed by atoms with Crippen LogP contribution in [0.1, 0.15) is 418 Å². The monoisotopic (exact) mass is 1050 g/mol. The van der Waals surface area contributed by atoms with Crippen molar-refractivity contribution in [1.82, 2.24) is 0 Å². The topological polar surface area (TPSA) is 66.8 Å². The molecule has 74 heavy (non-hydrogen) atoms. The molecule has 0 aromatic carbocycles. The third kappa shape index (κ3) is 60.6. The standard InChI is InChI=1S/C70H140O4/c1-4-5-6-7-8-9-10-11-12-13-14-38-41-44-47-50-53-56-59-62-65-68(70(72)73)69(71)66-63-60-57-54-51-48-45-42-39-36-34-32-30-28-26-24-22-20-18-16-15-17-19-21-23-25-27-29-31-33-35-37-40-43-46-49-52-55-58-61-64-67(2)74-3/h67-69,71H,4-66H2,1-3H3,(H,72,73). The van der Waals surface area contributed by atoms with Crippen LogP contribution in [0.15, 0.2) is 0 Å². The van der Waals surface area contributed by atoms with Gasteiger partial charge in [0.15, 0.2) is 0 Å². The average molecular weight is 1050 g/mol. The van der Waals surface area contributed by atoms with Crippen LogP contribution in [0.4, 0.5) is 0 Å². The molecule has 0 spiro atoms. The first-order valence-corrected chi connectivity index (χ1v) is 35.0. The number of hydrogen-bond acceptors (Lipinski definition) is 3. The van der Waals surface area contributed by atoms with Crippen LogP contribution in [-0.4, -0.2) is 35.5 Å². The number of ether oxygens (including phenoxy) is 1. The molecule has 4 nitrogen and oxygen atoms in total. The van der Waals surface area contributed by atoms with Crippen LogP contribution in [0.3, 0.4) is 0 Å². The second-order valence-corrected chi connectivity index (χ2v) is 24.8. The van der Waals surface area contributed by atoms with Gasteiger partial charge in [0.25, 0.3) is 0 Å². The number of carboxylic acid groups (broad SMARTS) is 1. The Labute approximate surface area is 467 Å². The van der Waals surface area contributed by atoms with Crippen LogP contribution in [0.25, 0.3) is 0 Å². The molecule has 0 aromatic heterocycles. The Hall–Kier alpha value is -0.610. The Morgan fingerprint density at radius 2 is 0.446 bits per heavy atom. The van der Waals surface area contributed by atoms with E-state index in [0.29, 0.717) is 18.9 Å². The molecule has 0 saturated heterocycles. The largest absolute Gasteiger partial charge is 0.481 e. The SMILES string of the molecule is CCCCCCCCCCCCCCCCCCCCCCC(C(=O)O)C(O)CCCCCCCCCCCCCCCCCCCCCCCCCCCCCCCCCCCCCCCCCCC(C)OC. The molecular weight excluding hydrogens is 905 g/mol. The van der Waals surface area contributed by atoms with Gasteiger partial charge < -0.3 is 14.9 Å². The van der Waals surface area contributed by atoms with E-state index in [0.717, 1.165) is 25.7 Å². The molecule has 444 valence electrons. The summed E-state index contributed by atoms with van der Waals surface area (Å²) in [6.45, 7) is 4.48. The average Bonchev–Trinajstić information content (AvgIpc) is 3.40. The van der Waals surface area contributed by atoms with Gasteiger partial charge in [0.05, 0.1) is 18.1 Å². The lowest BCUT2D eigenvalue weighted by atomic mass is 9.91. The minimum absolute atomic E-state index is 0.439. The van der Waals surface area contributed by atoms with Gasteiger partial charge in [0.1, 0.15) is 0 Å². The number of carbonyl (C=O) groups is 1. The van der Waals surface area contributed by atoms with E-state index >= 15 is 0 Å². The maximum atomic E-state index is 11.9. The predicted molar refractivity (Wildman–Crippen MR) is 330 cm³/mol. The summed E-state index contributed by atoms with van der Waals surface area (Å²) < 4.78 is 5.34. The normalized spacial score (nSPS) is 13.0. The maximum Gasteiger partial charge on any atom is 0.309 e. The number of aliphatic hydroxyl groups is 1. The highest BCUT2D eigenvalue weighted by Gasteiger charge is 2.25. The van der Waals surface area contributed by atoms with Gasteiger partial charge in [0.2, 0.25) is 0 Å². The van der Waals surface area contributed by atoms with Gasteiger partial charge >= 0.3 is 5.97 Å². The fraction of sp³-hybridized carbons (Fsp3) is 0.986. The van der Waals surface area contributed by atoms with Crippen molar-refractivity contribution < 1.29 is 19.7 Å². The molecule has 3 unspecified atom stereocenters. The molecule has 0 amide bonds. The van der Waals surface area contributed by atoms with E-state index in [1.807, 2.05) is 7.11 Å². The zero-order valence-electron chi connectivity index (χ0n) is 51.5. The number of methoxy groups -OCH3 is 1. The smallest absolute Gasteiger partial charge is 0.309 e. The number of unbranched alkanes of at least 4 members (excludes halogenated alkanes) is 58. The lowest BCUT2D eigenvalue weighted by molar-refractivity contribution is -0.146. The Balaban J connectivity index is 3.31. The molecule has 3 atom stereocenters. The van der Waals surface area contributed by atoms with Crippen molar-refractivity contribution >= 4 is 5.97 Å². The predicted octanol–water partition coefficient (Wildman–Crippen LogP) is 24.7. The summed E-state index contributed by atoms with van der Waals surface area (Å²) >= 11 is 0. The molecule has 0 saturated carbocycles. The molecule has 0 aliphatic carbocycles. The molecule has 2 N–H and O–H groups in total. The highest BCUT2D eigenvalue weighted by Crippen LogP contribution is 2.23. The van der Waals surface area contributed by atoms with Gasteiger partial charge in [-0.05, 0) is 26.2 Å². The summed E-state index contributed by atoms with van der Waals surface area (Å²) in [6.07, 6.45) is 86.0. The molecule has 0 fully saturated rings. The van der Waals surface area contributed by atoms with Crippen LogP contribution in [0.2, 0.25) is 0 Å². The first-order valence-electron chi connectivity index (χ1n) is 35.0. The van der Waals surface area contributed by atoms with E-state index in [4.69, 9.17) is 4.74 Å². The van der Waals surface area contributed by atoms with Crippen LogP contribution in [0, 0.1) is 5.92 Å². The third-order valence-corrected chi connectivity index (χ3v) is 17.4. The van der Waals surface area contributed by atoms with Crippen molar-refractivity contribution in [2.45, 2.75) is 431 Å². The first kappa shape index (κ1) is 73.4. The van der Waals surface area contributed by atoms with E-state index in [2.05, 4.69) is 13.8 Å². The van der Waals surface area contributed by atoms with Gasteiger partial charge in [-0.15, -0.1) is 0 Å². The maximum absolute atomic E-state index is 11.9. The fourth-order valence-corrected chi connectivity index (χ4v) is 11.9. The quantitative estimate of drug-likeness (QED) is 0.0596. The van der Waals surface area contributed by atoms with Crippen molar-refractivity contribution in [2.24, 2.45) is 5.92 Å². The molecular formula is C70H140O4. The van der Waals surface area contributed by atoms with E-state index in [1.54, 1.807) is 0 Å². The lowest BCUT2D eigenvalue weighted by Gasteiger charge is -2.19. The lowest BCUT2D eigenvalue weighted by Crippen LogP contribution is -2.28. The Kier molecular flexibility index (Phi) is 64.4. The molecule has 0 aliphatic heterocycles. The summed E-state index contributed by atoms with van der Waals surface area (Å²) in [4.78, 5) is 11.9. The molecule has 4 heteroatoms. The zero-order valence-corrected chi connectivity index (χ0v) is 51.5. The van der Waals surface area contributed by atoms with Gasteiger partial charge in [-0.1, -0.05) is 392 Å². The highest BCUT2D eigenvalue weighted by atomic mass is 16.5. The summed E-state index contributed by atoms with van der Waals surface area (Å²) in [5.41, 5.74) is 0. The van der Waals surface area contributed by atoms with Gasteiger partial charge in [-0.2, -0.15) is 0 Å². The van der Waals surface area contributed by atoms with Crippen LogP contribution < -0.4 is 0 Å². The second-order valence-electron chi connectivity index (χ2n) is 24.8. The summed E-state index contributed by atoms with van der Waals surface area (Å²) in [7, 11) is 1.83. The van der Waals surface area contributed by atoms with Gasteiger partial charge in [-0.25, -0.2) is 0 Å². The van der Waals surface area contributed by atoms with E-state index in [-0.39, 0.29) is 0 Å². The summed E-state index contributed by atoms with van der Waals surface area (Å²) in [5, 5.41) is 20.5. The van der Waals surface area contributed by atoms with Crippen molar-refractivity contribution in [3.8, 4) is 0 Å². The first-order chi connectivity index (χ1) is 36.5. The molecule has 0 aliphatic rings. The summed E-state index contributed by atoms with van der Waals surface area (Å²) in [5.74, 6) is -1.38. The minimum Gasteiger partial charge on any atom is -0.481 e. The third-order valence-electron chi connectivity index (χ3n) is 17.4. The van der Waals surface area contributed by atoms with Crippen LogP contribution in [0.5, 0.6) is 0 Å². The van der Waals surface area contributed by atoms with Gasteiger partial charge in [-0.3, -0.25) is 4.79 Å². The van der Waals surface area contributed by atoms with E-state index in [1.165, 1.54) is 366 Å². The van der Waals surface area contributed by atoms with Crippen molar-refractivity contribution in [1.29, 1.82) is 0 Å². The molecule has 0 heterocycles. The molecule has 0 rings (SSSR count). The minimum atomic E-state index is -0.800. The van der Waals surface area contributed by atoms with Gasteiger partial charge in [0, 0.05) is 7.11 Å². The number of rotatable bonds is 67. The zero-order chi connectivity index (χ0) is 53.6. The van der Waals surface area contributed by atoms with Crippen LogP contribution >= 0.6 is 0 Å². The van der Waals surface area contributed by atoms with Crippen LogP contribution in [-0.2, 0) is 9.53 Å². The Morgan fingerprint density at radius 3 is 0.622 bits per heavy atom. The highest BCUT2D eigenvalue weighted by molar-refractivity contribution is 5.70. The Bertz CT molecular complexity index is 1010. The van der Waals surface area contributed by atoms with Crippen molar-refractivity contribution in [3.05, 3.63) is 0 Å². The molecule has 0 bridgehead atoms. The Morgan fingerprint density at radius 1 is 0.284 bits per heavy atom. The number of aliphatic hydroxyl groups excluding tert-OH is 1. The van der Waals surface area contributed by atoms with E-state index in [9.17, 15) is 15.0 Å². The molecule has 0 radical (unpaired) electrons. The summed E-state index contributed by atoms with van der Waals surface area (Å²) in [6, 6.07) is 0. The number of carboxylic acids is 1. The fourth-order valence-electron chi connectivity index (χ4n) is 11.9. The van der Waals surface area contributed by atoms with E-state index < -0.39 is 18.0 Å². The number of hydrogen-bond donors (Lipinski definition) is 2. The molecule has 0 aromatic rings. The second kappa shape index (κ2) is 64.9. The van der Waals surface area contributed by atoms with Crippen molar-refractivity contribution in [3.63, 3.8) is 0 Å². The van der Waals surface area contributed by atoms with Crippen molar-refractivity contribution in [2.75, 3.05) is 7.11 Å². The number of aliphatic carboxylic acids is 1.